The second kappa shape index (κ2) is 7.82. The molecule has 1 amide bonds. The summed E-state index contributed by atoms with van der Waals surface area (Å²) >= 11 is 0. The third-order valence-corrected chi connectivity index (χ3v) is 5.77. The average Bonchev–Trinajstić information content (AvgIpc) is 3.31. The first kappa shape index (κ1) is 18.2. The van der Waals surface area contributed by atoms with Crippen molar-refractivity contribution in [3.63, 3.8) is 0 Å². The van der Waals surface area contributed by atoms with E-state index in [4.69, 9.17) is 0 Å². The largest absolute Gasteiger partial charge is 0.334 e. The molecule has 4 rings (SSSR count). The first-order valence-electron chi connectivity index (χ1n) is 9.92. The van der Waals surface area contributed by atoms with Gasteiger partial charge in [-0.1, -0.05) is 0 Å². The maximum Gasteiger partial charge on any atom is 0.244 e. The molecule has 27 heavy (non-hydrogen) atoms. The predicted octanol–water partition coefficient (Wildman–Crippen LogP) is 0.950. The summed E-state index contributed by atoms with van der Waals surface area (Å²) in [7, 11) is 1.89. The van der Waals surface area contributed by atoms with E-state index in [1.54, 1.807) is 10.9 Å². The molecule has 146 valence electrons. The van der Waals surface area contributed by atoms with Crippen molar-refractivity contribution in [2.75, 3.05) is 37.6 Å². The van der Waals surface area contributed by atoms with Crippen molar-refractivity contribution < 1.29 is 4.79 Å². The van der Waals surface area contributed by atoms with E-state index in [1.165, 1.54) is 0 Å². The van der Waals surface area contributed by atoms with Gasteiger partial charge in [-0.3, -0.25) is 19.3 Å². The van der Waals surface area contributed by atoms with Crippen LogP contribution in [0.2, 0.25) is 0 Å². The fraction of sp³-hybridized carbons (Fsp3) is 0.632. The predicted molar refractivity (Wildman–Crippen MR) is 103 cm³/mol. The number of aryl methyl sites for hydroxylation is 2. The summed E-state index contributed by atoms with van der Waals surface area (Å²) in [6.45, 7) is 8.60. The maximum absolute atomic E-state index is 13.1. The Labute approximate surface area is 160 Å². The third kappa shape index (κ3) is 3.77. The van der Waals surface area contributed by atoms with Crippen LogP contribution in [0.15, 0.2) is 24.8 Å². The smallest absolute Gasteiger partial charge is 0.244 e. The van der Waals surface area contributed by atoms with E-state index in [0.717, 1.165) is 70.2 Å². The molecule has 2 aromatic rings. The van der Waals surface area contributed by atoms with Crippen molar-refractivity contribution in [1.29, 1.82) is 0 Å². The van der Waals surface area contributed by atoms with Crippen molar-refractivity contribution >= 4 is 11.6 Å². The standard InChI is InChI=1S/C19H29N7O/c1-3-24-8-6-20-18(24)15-23-9-11-25(12-10-23)17-5-4-7-26(19(17)27)16-13-21-22(2)14-16/h6,8,13-14,17H,3-5,7,9-12,15H2,1-2H3/t17-/m0/s1. The zero-order valence-corrected chi connectivity index (χ0v) is 16.3. The minimum Gasteiger partial charge on any atom is -0.334 e. The molecule has 0 unspecified atom stereocenters. The number of amides is 1. The lowest BCUT2D eigenvalue weighted by Crippen LogP contribution is -2.57. The summed E-state index contributed by atoms with van der Waals surface area (Å²) in [5.41, 5.74) is 0.914. The normalized spacial score (nSPS) is 22.5. The number of rotatable bonds is 5. The zero-order chi connectivity index (χ0) is 18.8. The van der Waals surface area contributed by atoms with Crippen LogP contribution >= 0.6 is 0 Å². The number of nitrogens with zero attached hydrogens (tertiary/aromatic N) is 7. The Hall–Kier alpha value is -2.19. The van der Waals surface area contributed by atoms with Crippen LogP contribution in [0.25, 0.3) is 0 Å². The van der Waals surface area contributed by atoms with Gasteiger partial charge in [0.2, 0.25) is 5.91 Å². The molecule has 0 aromatic carbocycles. The maximum atomic E-state index is 13.1. The second-order valence-corrected chi connectivity index (χ2v) is 7.46. The molecule has 2 aliphatic rings. The summed E-state index contributed by atoms with van der Waals surface area (Å²) in [5, 5.41) is 4.22. The number of aromatic nitrogens is 4. The van der Waals surface area contributed by atoms with Gasteiger partial charge in [0.1, 0.15) is 5.82 Å². The van der Waals surface area contributed by atoms with Crippen molar-refractivity contribution in [3.8, 4) is 0 Å². The van der Waals surface area contributed by atoms with E-state index in [-0.39, 0.29) is 11.9 Å². The number of anilines is 1. The Morgan fingerprint density at radius 2 is 2.00 bits per heavy atom. The Morgan fingerprint density at radius 1 is 1.19 bits per heavy atom. The summed E-state index contributed by atoms with van der Waals surface area (Å²) in [6, 6.07) is -0.00117. The van der Waals surface area contributed by atoms with Gasteiger partial charge in [0, 0.05) is 64.9 Å². The van der Waals surface area contributed by atoms with Gasteiger partial charge in [0.15, 0.2) is 0 Å². The molecule has 1 atom stereocenters. The molecule has 0 aliphatic carbocycles. The number of imidazole rings is 1. The van der Waals surface area contributed by atoms with Crippen LogP contribution in [-0.4, -0.2) is 73.8 Å². The quantitative estimate of drug-likeness (QED) is 0.783. The lowest BCUT2D eigenvalue weighted by atomic mass is 10.0. The molecule has 8 nitrogen and oxygen atoms in total. The van der Waals surface area contributed by atoms with Gasteiger partial charge in [-0.05, 0) is 19.8 Å². The molecule has 2 aliphatic heterocycles. The van der Waals surface area contributed by atoms with Gasteiger partial charge >= 0.3 is 0 Å². The minimum absolute atomic E-state index is 0.00117. The molecule has 2 aromatic heterocycles. The fourth-order valence-corrected chi connectivity index (χ4v) is 4.21. The van der Waals surface area contributed by atoms with Crippen molar-refractivity contribution in [3.05, 3.63) is 30.6 Å². The molecule has 0 bridgehead atoms. The van der Waals surface area contributed by atoms with Crippen LogP contribution in [0, 0.1) is 0 Å². The molecule has 0 radical (unpaired) electrons. The molecule has 0 N–H and O–H groups in total. The number of carbonyl (C=O) groups is 1. The Kier molecular flexibility index (Phi) is 5.27. The highest BCUT2D eigenvalue weighted by molar-refractivity contribution is 5.97. The minimum atomic E-state index is -0.00117. The first-order valence-corrected chi connectivity index (χ1v) is 9.92. The number of carbonyl (C=O) groups excluding carboxylic acids is 1. The monoisotopic (exact) mass is 371 g/mol. The SMILES string of the molecule is CCn1ccnc1CN1CCN([C@H]2CCCN(c3cnn(C)c3)C2=O)CC1. The van der Waals surface area contributed by atoms with Crippen molar-refractivity contribution in [1.82, 2.24) is 29.1 Å². The van der Waals surface area contributed by atoms with Gasteiger partial charge in [-0.15, -0.1) is 0 Å². The Bertz CT molecular complexity index is 775. The highest BCUT2D eigenvalue weighted by atomic mass is 16.2. The molecule has 2 fully saturated rings. The van der Waals surface area contributed by atoms with Gasteiger partial charge in [0.25, 0.3) is 0 Å². The summed E-state index contributed by atoms with van der Waals surface area (Å²) in [5.74, 6) is 1.35. The van der Waals surface area contributed by atoms with Crippen molar-refractivity contribution in [2.45, 2.75) is 38.9 Å². The summed E-state index contributed by atoms with van der Waals surface area (Å²) in [4.78, 5) is 24.3. The lowest BCUT2D eigenvalue weighted by molar-refractivity contribution is -0.126. The number of piperidine rings is 1. The summed E-state index contributed by atoms with van der Waals surface area (Å²) < 4.78 is 3.95. The van der Waals surface area contributed by atoms with Crippen LogP contribution in [0.3, 0.4) is 0 Å². The van der Waals surface area contributed by atoms with Gasteiger partial charge in [0.05, 0.1) is 24.5 Å². The third-order valence-electron chi connectivity index (χ3n) is 5.77. The number of piperazine rings is 1. The van der Waals surface area contributed by atoms with Gasteiger partial charge < -0.3 is 9.47 Å². The highest BCUT2D eigenvalue weighted by Crippen LogP contribution is 2.24. The van der Waals surface area contributed by atoms with E-state index >= 15 is 0 Å². The molecule has 2 saturated heterocycles. The molecule has 4 heterocycles. The Morgan fingerprint density at radius 3 is 2.70 bits per heavy atom. The molecular weight excluding hydrogens is 342 g/mol. The molecule has 0 saturated carbocycles. The van der Waals surface area contributed by atoms with E-state index in [9.17, 15) is 4.79 Å². The number of hydrogen-bond acceptors (Lipinski definition) is 5. The lowest BCUT2D eigenvalue weighted by Gasteiger charge is -2.42. The zero-order valence-electron chi connectivity index (χ0n) is 16.3. The van der Waals surface area contributed by atoms with Crippen LogP contribution in [0.1, 0.15) is 25.6 Å². The fourth-order valence-electron chi connectivity index (χ4n) is 4.21. The topological polar surface area (TPSA) is 62.4 Å². The molecule has 0 spiro atoms. The van der Waals surface area contributed by atoms with E-state index in [0.29, 0.717) is 0 Å². The first-order chi connectivity index (χ1) is 13.2. The van der Waals surface area contributed by atoms with Crippen LogP contribution < -0.4 is 4.90 Å². The van der Waals surface area contributed by atoms with Crippen LogP contribution in [-0.2, 0) is 24.9 Å². The van der Waals surface area contributed by atoms with E-state index in [1.807, 2.05) is 30.5 Å². The number of hydrogen-bond donors (Lipinski definition) is 0. The average molecular weight is 371 g/mol. The van der Waals surface area contributed by atoms with Crippen LogP contribution in [0.4, 0.5) is 5.69 Å². The van der Waals surface area contributed by atoms with E-state index in [2.05, 4.69) is 31.4 Å². The molecular formula is C19H29N7O. The van der Waals surface area contributed by atoms with Crippen molar-refractivity contribution in [2.24, 2.45) is 7.05 Å². The summed E-state index contributed by atoms with van der Waals surface area (Å²) in [6.07, 6.45) is 9.62. The van der Waals surface area contributed by atoms with Gasteiger partial charge in [-0.25, -0.2) is 4.98 Å². The molecule has 8 heteroatoms. The second-order valence-electron chi connectivity index (χ2n) is 7.46. The van der Waals surface area contributed by atoms with Gasteiger partial charge in [-0.2, -0.15) is 5.10 Å². The van der Waals surface area contributed by atoms with Crippen LogP contribution in [0.5, 0.6) is 0 Å². The highest BCUT2D eigenvalue weighted by Gasteiger charge is 2.35. The van der Waals surface area contributed by atoms with E-state index < -0.39 is 0 Å². The Balaban J connectivity index is 1.35.